The molecule has 5 aliphatic rings. The molecule has 1 spiro atoms. The minimum atomic E-state index is -0.972. The van der Waals surface area contributed by atoms with Crippen molar-refractivity contribution in [2.45, 2.75) is 68.6 Å². The molecular formula is C23H28BrNO5. The van der Waals surface area contributed by atoms with Crippen LogP contribution in [-0.4, -0.2) is 59.2 Å². The summed E-state index contributed by atoms with van der Waals surface area (Å²) in [6.07, 6.45) is 4.24. The molecule has 0 amide bonds. The summed E-state index contributed by atoms with van der Waals surface area (Å²) in [6, 6.07) is 3.87. The number of ketones is 1. The van der Waals surface area contributed by atoms with Gasteiger partial charge in [-0.15, -0.1) is 0 Å². The fourth-order valence-corrected chi connectivity index (χ4v) is 7.16. The van der Waals surface area contributed by atoms with Gasteiger partial charge in [-0.2, -0.15) is 0 Å². The number of Topliss-reactive ketones (excluding diaryl/α,β-unsaturated/α-hetero) is 1. The van der Waals surface area contributed by atoms with Crippen LogP contribution in [0.25, 0.3) is 0 Å². The number of carbonyl (C=O) groups is 2. The lowest BCUT2D eigenvalue weighted by Gasteiger charge is -2.64. The van der Waals surface area contributed by atoms with Gasteiger partial charge in [0.1, 0.15) is 11.6 Å². The van der Waals surface area contributed by atoms with Crippen LogP contribution in [0.2, 0.25) is 0 Å². The Kier molecular flexibility index (Phi) is 4.30. The molecule has 6 nitrogen and oxygen atoms in total. The number of likely N-dealkylation sites (tertiary alicyclic amines) is 1. The third-order valence-corrected chi connectivity index (χ3v) is 8.51. The average molecular weight is 478 g/mol. The van der Waals surface area contributed by atoms with Gasteiger partial charge in [0.2, 0.25) is 0 Å². The van der Waals surface area contributed by atoms with E-state index >= 15 is 0 Å². The molecule has 2 aliphatic heterocycles. The summed E-state index contributed by atoms with van der Waals surface area (Å²) in [4.78, 5) is 24.6. The number of quaternary nitrogens is 1. The smallest absolute Gasteiger partial charge is 0.308 e. The van der Waals surface area contributed by atoms with Crippen molar-refractivity contribution in [2.75, 3.05) is 20.1 Å². The largest absolute Gasteiger partial charge is 1.00 e. The highest BCUT2D eigenvalue weighted by atomic mass is 79.9. The van der Waals surface area contributed by atoms with Crippen LogP contribution in [0.5, 0.6) is 11.5 Å². The van der Waals surface area contributed by atoms with Crippen molar-refractivity contribution in [2.24, 2.45) is 5.92 Å². The van der Waals surface area contributed by atoms with Crippen LogP contribution in [0.1, 0.15) is 50.2 Å². The summed E-state index contributed by atoms with van der Waals surface area (Å²) >= 11 is 0. The topological polar surface area (TPSA) is 72.8 Å². The normalized spacial score (nSPS) is 40.2. The quantitative estimate of drug-likeness (QED) is 0.339. The molecule has 7 heteroatoms. The summed E-state index contributed by atoms with van der Waals surface area (Å²) in [7, 11) is 2.30. The first kappa shape index (κ1) is 20.5. The second-order valence-electron chi connectivity index (χ2n) is 10.2. The Balaban J connectivity index is 0.00000193. The minimum absolute atomic E-state index is 0. The van der Waals surface area contributed by atoms with Crippen molar-refractivity contribution in [3.63, 3.8) is 0 Å². The fourth-order valence-electron chi connectivity index (χ4n) is 7.16. The van der Waals surface area contributed by atoms with Crippen LogP contribution in [0.4, 0.5) is 0 Å². The second kappa shape index (κ2) is 6.30. The lowest BCUT2D eigenvalue weighted by Crippen LogP contribution is -3.00. The number of carbonyl (C=O) groups excluding carboxylic acids is 2. The number of hydrogen-bond acceptors (Lipinski definition) is 5. The molecular weight excluding hydrogens is 450 g/mol. The maximum absolute atomic E-state index is 13.0. The van der Waals surface area contributed by atoms with Gasteiger partial charge < -0.3 is 36.0 Å². The maximum Gasteiger partial charge on any atom is 0.308 e. The van der Waals surface area contributed by atoms with E-state index in [0.717, 1.165) is 47.5 Å². The lowest BCUT2D eigenvalue weighted by molar-refractivity contribution is -0.950. The molecule has 162 valence electrons. The van der Waals surface area contributed by atoms with Crippen LogP contribution in [0, 0.1) is 5.92 Å². The van der Waals surface area contributed by atoms with Crippen molar-refractivity contribution < 1.29 is 45.6 Å². The van der Waals surface area contributed by atoms with E-state index < -0.39 is 23.1 Å². The zero-order valence-electron chi connectivity index (χ0n) is 17.4. The van der Waals surface area contributed by atoms with Gasteiger partial charge in [0.15, 0.2) is 23.4 Å². The van der Waals surface area contributed by atoms with Crippen molar-refractivity contribution in [1.82, 2.24) is 0 Å². The molecule has 2 bridgehead atoms. The predicted octanol–water partition coefficient (Wildman–Crippen LogP) is -1.11. The van der Waals surface area contributed by atoms with Crippen LogP contribution in [0.3, 0.4) is 0 Å². The summed E-state index contributed by atoms with van der Waals surface area (Å²) < 4.78 is 12.6. The molecule has 1 aromatic rings. The molecule has 1 aromatic carbocycles. The molecule has 2 heterocycles. The summed E-state index contributed by atoms with van der Waals surface area (Å²) in [6.45, 7) is 3.41. The molecule has 3 aliphatic carbocycles. The zero-order chi connectivity index (χ0) is 20.2. The van der Waals surface area contributed by atoms with E-state index in [2.05, 4.69) is 7.05 Å². The number of ether oxygens (including phenoxy) is 2. The maximum atomic E-state index is 13.0. The van der Waals surface area contributed by atoms with Gasteiger partial charge in [-0.1, -0.05) is 6.07 Å². The van der Waals surface area contributed by atoms with Crippen molar-refractivity contribution in [3.8, 4) is 11.5 Å². The summed E-state index contributed by atoms with van der Waals surface area (Å²) in [5.74, 6) is 1.29. The summed E-state index contributed by atoms with van der Waals surface area (Å²) in [5, 5.41) is 12.3. The van der Waals surface area contributed by atoms with Crippen LogP contribution < -0.4 is 26.5 Å². The van der Waals surface area contributed by atoms with Gasteiger partial charge in [0, 0.05) is 37.7 Å². The highest BCUT2D eigenvalue weighted by Gasteiger charge is 2.76. The minimum Gasteiger partial charge on any atom is -1.00 e. The predicted molar refractivity (Wildman–Crippen MR) is 104 cm³/mol. The number of halogens is 1. The van der Waals surface area contributed by atoms with E-state index in [1.54, 1.807) is 6.07 Å². The monoisotopic (exact) mass is 477 g/mol. The number of aliphatic hydroxyl groups is 1. The Hall–Kier alpha value is -1.44. The molecule has 30 heavy (non-hydrogen) atoms. The molecule has 0 radical (unpaired) electrons. The van der Waals surface area contributed by atoms with E-state index in [1.807, 2.05) is 6.07 Å². The first-order valence-electron chi connectivity index (χ1n) is 10.9. The Morgan fingerprint density at radius 3 is 2.80 bits per heavy atom. The van der Waals surface area contributed by atoms with Gasteiger partial charge in [0.25, 0.3) is 0 Å². The van der Waals surface area contributed by atoms with E-state index in [0.29, 0.717) is 24.3 Å². The van der Waals surface area contributed by atoms with Crippen LogP contribution >= 0.6 is 0 Å². The standard InChI is InChI=1S/C23H28NO5.BrH/c1-13(25)28-17-6-5-15-11-18-23(27)8-7-16(26)21-22(23,19(15)20(17)29-21)9-10-24(18,2)12-14-3-4-14;/h5-6,14,18,21,27H,3-4,7-12H2,1-2H3;1H/q+1;/p-1/t18?,21-,22-,23+,24-;/m0./s1. The number of likely N-dealkylation sites (N-methyl/N-ethyl adjacent to an activating group) is 1. The summed E-state index contributed by atoms with van der Waals surface area (Å²) in [5.41, 5.74) is 0.391. The molecule has 2 saturated carbocycles. The van der Waals surface area contributed by atoms with E-state index in [9.17, 15) is 14.7 Å². The number of esters is 1. The fraction of sp³-hybridized carbons (Fsp3) is 0.652. The molecule has 3 fully saturated rings. The van der Waals surface area contributed by atoms with Gasteiger partial charge in [0.05, 0.1) is 25.6 Å². The number of hydrogen-bond donors (Lipinski definition) is 1. The molecule has 1 N–H and O–H groups in total. The number of benzene rings is 1. The second-order valence-corrected chi connectivity index (χ2v) is 10.2. The Morgan fingerprint density at radius 1 is 1.33 bits per heavy atom. The third kappa shape index (κ3) is 2.37. The molecule has 1 saturated heterocycles. The Labute approximate surface area is 186 Å². The number of nitrogens with zero attached hydrogens (tertiary/aromatic N) is 1. The molecule has 0 aromatic heterocycles. The highest BCUT2D eigenvalue weighted by Crippen LogP contribution is 2.66. The Bertz CT molecular complexity index is 961. The molecule has 1 unspecified atom stereocenters. The van der Waals surface area contributed by atoms with Gasteiger partial charge in [-0.3, -0.25) is 9.59 Å². The van der Waals surface area contributed by atoms with Gasteiger partial charge >= 0.3 is 5.97 Å². The van der Waals surface area contributed by atoms with Crippen LogP contribution in [-0.2, 0) is 21.4 Å². The highest BCUT2D eigenvalue weighted by molar-refractivity contribution is 5.90. The zero-order valence-corrected chi connectivity index (χ0v) is 19.0. The Morgan fingerprint density at radius 2 is 2.10 bits per heavy atom. The number of rotatable bonds is 3. The first-order chi connectivity index (χ1) is 13.8. The lowest BCUT2D eigenvalue weighted by atomic mass is 9.48. The van der Waals surface area contributed by atoms with Crippen molar-refractivity contribution >= 4 is 11.8 Å². The van der Waals surface area contributed by atoms with E-state index in [1.165, 1.54) is 19.8 Å². The van der Waals surface area contributed by atoms with E-state index in [-0.39, 0.29) is 28.8 Å². The molecule has 5 atom stereocenters. The average Bonchev–Trinajstić information content (AvgIpc) is 3.38. The first-order valence-corrected chi connectivity index (χ1v) is 10.9. The van der Waals surface area contributed by atoms with Crippen molar-refractivity contribution in [3.05, 3.63) is 23.3 Å². The van der Waals surface area contributed by atoms with Gasteiger partial charge in [-0.05, 0) is 30.9 Å². The van der Waals surface area contributed by atoms with E-state index in [4.69, 9.17) is 9.47 Å². The van der Waals surface area contributed by atoms with Crippen molar-refractivity contribution in [1.29, 1.82) is 0 Å². The van der Waals surface area contributed by atoms with Crippen LogP contribution in [0.15, 0.2) is 12.1 Å². The molecule has 6 rings (SSSR count). The number of piperidine rings is 1. The third-order valence-electron chi connectivity index (χ3n) is 8.51. The SMILES string of the molecule is CC(=O)Oc1ccc2c3c1O[C@H]1C(=O)CC[C@@]4(O)C(C2)[N@+](C)(CC2CC2)CC[C@]314.[Br-]. The van der Waals surface area contributed by atoms with Gasteiger partial charge in [-0.25, -0.2) is 0 Å².